The van der Waals surface area contributed by atoms with Crippen molar-refractivity contribution in [3.05, 3.63) is 30.7 Å². The van der Waals surface area contributed by atoms with Gasteiger partial charge in [-0.3, -0.25) is 9.88 Å². The van der Waals surface area contributed by atoms with Gasteiger partial charge in [-0.1, -0.05) is 0 Å². The van der Waals surface area contributed by atoms with Gasteiger partial charge >= 0.3 is 0 Å². The smallest absolute Gasteiger partial charge is 0.225 e. The van der Waals surface area contributed by atoms with Crippen LogP contribution in [0.3, 0.4) is 0 Å². The van der Waals surface area contributed by atoms with E-state index in [1.807, 2.05) is 24.5 Å². The maximum atomic E-state index is 12.6. The Bertz CT molecular complexity index is 1400. The number of fused-ring (bicyclic) bond motifs is 1. The lowest BCUT2D eigenvalue weighted by Crippen LogP contribution is -2.47. The molecule has 12 nitrogen and oxygen atoms in total. The van der Waals surface area contributed by atoms with Gasteiger partial charge in [0.05, 0.1) is 54.1 Å². The summed E-state index contributed by atoms with van der Waals surface area (Å²) in [5, 5.41) is 4.23. The summed E-state index contributed by atoms with van der Waals surface area (Å²) >= 11 is 0. The van der Waals surface area contributed by atoms with Gasteiger partial charge in [0.1, 0.15) is 29.6 Å². The molecular formula is C30H42FN9O3S. The average Bonchev–Trinajstić information content (AvgIpc) is 3.05. The molecule has 0 spiro atoms. The summed E-state index contributed by atoms with van der Waals surface area (Å²) in [6.45, 7) is 7.35. The SMILES string of the molecule is CS(=O)Nc1cnc2cc(N3CCOCC3)nc(OC3CCC(CNc4ncc(N5CCN(CCF)CC5)cn4)CC3)c2c1. The molecule has 238 valence electrons. The zero-order valence-electron chi connectivity index (χ0n) is 25.3. The van der Waals surface area contributed by atoms with Crippen molar-refractivity contribution in [1.29, 1.82) is 0 Å². The molecule has 6 rings (SSSR count). The van der Waals surface area contributed by atoms with Crippen molar-refractivity contribution in [2.24, 2.45) is 5.92 Å². The van der Waals surface area contributed by atoms with Gasteiger partial charge in [0.2, 0.25) is 11.8 Å². The lowest BCUT2D eigenvalue weighted by molar-refractivity contribution is 0.121. The zero-order chi connectivity index (χ0) is 30.3. The topological polar surface area (TPSA) is 121 Å². The highest BCUT2D eigenvalue weighted by Gasteiger charge is 2.25. The number of piperazine rings is 1. The van der Waals surface area contributed by atoms with E-state index in [4.69, 9.17) is 14.5 Å². The summed E-state index contributed by atoms with van der Waals surface area (Å²) in [5.74, 6) is 2.55. The highest BCUT2D eigenvalue weighted by molar-refractivity contribution is 7.85. The fourth-order valence-electron chi connectivity index (χ4n) is 6.12. The van der Waals surface area contributed by atoms with E-state index in [-0.39, 0.29) is 12.8 Å². The molecule has 1 saturated carbocycles. The Morgan fingerprint density at radius 1 is 0.977 bits per heavy atom. The number of hydrogen-bond acceptors (Lipinski definition) is 11. The molecule has 1 atom stereocenters. The number of ether oxygens (including phenoxy) is 2. The second kappa shape index (κ2) is 14.6. The number of rotatable bonds is 11. The molecule has 2 N–H and O–H groups in total. The fraction of sp³-hybridized carbons (Fsp3) is 0.600. The third-order valence-electron chi connectivity index (χ3n) is 8.62. The maximum absolute atomic E-state index is 12.6. The maximum Gasteiger partial charge on any atom is 0.225 e. The predicted molar refractivity (Wildman–Crippen MR) is 172 cm³/mol. The van der Waals surface area contributed by atoms with E-state index < -0.39 is 11.0 Å². The number of nitrogens with one attached hydrogen (secondary N) is 2. The van der Waals surface area contributed by atoms with Crippen molar-refractivity contribution in [2.75, 3.05) is 98.3 Å². The number of nitrogens with zero attached hydrogens (tertiary/aromatic N) is 7. The summed E-state index contributed by atoms with van der Waals surface area (Å²) in [4.78, 5) is 25.3. The molecule has 0 amide bonds. The average molecular weight is 628 g/mol. The van der Waals surface area contributed by atoms with Crippen LogP contribution < -0.4 is 24.6 Å². The van der Waals surface area contributed by atoms with Gasteiger partial charge in [-0.15, -0.1) is 0 Å². The molecule has 0 aromatic carbocycles. The molecule has 0 bridgehead atoms. The molecule has 14 heteroatoms. The largest absolute Gasteiger partial charge is 0.474 e. The third-order valence-corrected chi connectivity index (χ3v) is 9.15. The quantitative estimate of drug-likeness (QED) is 0.326. The highest BCUT2D eigenvalue weighted by atomic mass is 32.2. The minimum Gasteiger partial charge on any atom is -0.474 e. The number of anilines is 4. The molecule has 3 aromatic rings. The van der Waals surface area contributed by atoms with Crippen LogP contribution in [0.5, 0.6) is 5.88 Å². The van der Waals surface area contributed by atoms with Crippen LogP contribution in [0.15, 0.2) is 30.7 Å². The number of alkyl halides is 1. The number of pyridine rings is 2. The summed E-state index contributed by atoms with van der Waals surface area (Å²) in [5.41, 5.74) is 2.48. The molecule has 1 aliphatic carbocycles. The normalized spacial score (nSPS) is 22.1. The monoisotopic (exact) mass is 627 g/mol. The minimum atomic E-state index is -1.21. The van der Waals surface area contributed by atoms with E-state index in [1.54, 1.807) is 12.5 Å². The number of hydrogen-bond donors (Lipinski definition) is 2. The van der Waals surface area contributed by atoms with E-state index in [0.29, 0.717) is 43.2 Å². The summed E-state index contributed by atoms with van der Waals surface area (Å²) in [6, 6.07) is 3.91. The van der Waals surface area contributed by atoms with Crippen LogP contribution in [0, 0.1) is 5.92 Å². The first-order valence-corrected chi connectivity index (χ1v) is 17.1. The van der Waals surface area contributed by atoms with Crippen LogP contribution in [0.2, 0.25) is 0 Å². The van der Waals surface area contributed by atoms with Crippen LogP contribution >= 0.6 is 0 Å². The van der Waals surface area contributed by atoms with E-state index in [9.17, 15) is 8.60 Å². The molecule has 3 fully saturated rings. The Labute approximate surface area is 260 Å². The lowest BCUT2D eigenvalue weighted by Gasteiger charge is -2.35. The Hall–Kier alpha value is -3.36. The molecule has 2 aliphatic heterocycles. The van der Waals surface area contributed by atoms with E-state index in [2.05, 4.69) is 39.7 Å². The summed E-state index contributed by atoms with van der Waals surface area (Å²) in [7, 11) is -1.21. The standard InChI is InChI=1S/C30H42FN9O3S/c1-44(41)37-23-16-26-27(32-19-23)17-28(40-12-14-42-15-13-40)36-29(26)43-25-4-2-22(3-5-25)18-33-30-34-20-24(21-35-30)39-10-8-38(7-6-31)9-11-39/h16-17,19-22,25,37H,2-15,18H2,1H3,(H,33,34,35). The van der Waals surface area contributed by atoms with Gasteiger partial charge in [0, 0.05) is 64.7 Å². The number of aromatic nitrogens is 4. The molecule has 3 aromatic heterocycles. The number of halogens is 1. The van der Waals surface area contributed by atoms with Crippen LogP contribution in [-0.2, 0) is 15.7 Å². The van der Waals surface area contributed by atoms with Crippen LogP contribution in [0.4, 0.5) is 27.5 Å². The first-order chi connectivity index (χ1) is 21.5. The Balaban J connectivity index is 1.04. The lowest BCUT2D eigenvalue weighted by atomic mass is 9.87. The molecular weight excluding hydrogens is 585 g/mol. The minimum absolute atomic E-state index is 0.0553. The number of morpholine rings is 1. The molecule has 3 aliphatic rings. The first kappa shape index (κ1) is 30.7. The van der Waals surface area contributed by atoms with Crippen molar-refractivity contribution in [2.45, 2.75) is 31.8 Å². The van der Waals surface area contributed by atoms with E-state index >= 15 is 0 Å². The second-order valence-electron chi connectivity index (χ2n) is 11.7. The van der Waals surface area contributed by atoms with Gasteiger partial charge < -0.3 is 29.3 Å². The van der Waals surface area contributed by atoms with Gasteiger partial charge in [-0.2, -0.15) is 4.98 Å². The molecule has 2 saturated heterocycles. The van der Waals surface area contributed by atoms with Crippen molar-refractivity contribution >= 4 is 45.0 Å². The molecule has 44 heavy (non-hydrogen) atoms. The highest BCUT2D eigenvalue weighted by Crippen LogP contribution is 2.33. The molecule has 0 radical (unpaired) electrons. The van der Waals surface area contributed by atoms with Crippen LogP contribution in [-0.4, -0.2) is 114 Å². The Morgan fingerprint density at radius 2 is 1.73 bits per heavy atom. The summed E-state index contributed by atoms with van der Waals surface area (Å²) in [6.07, 6.45) is 11.0. The van der Waals surface area contributed by atoms with E-state index in [0.717, 1.165) is 93.9 Å². The third kappa shape index (κ3) is 7.83. The van der Waals surface area contributed by atoms with Crippen molar-refractivity contribution in [1.82, 2.24) is 24.8 Å². The van der Waals surface area contributed by atoms with E-state index in [1.165, 1.54) is 0 Å². The first-order valence-electron chi connectivity index (χ1n) is 15.5. The van der Waals surface area contributed by atoms with Crippen LogP contribution in [0.25, 0.3) is 10.9 Å². The van der Waals surface area contributed by atoms with Gasteiger partial charge in [0.25, 0.3) is 0 Å². The van der Waals surface area contributed by atoms with Gasteiger partial charge in [-0.05, 0) is 37.7 Å². The zero-order valence-corrected chi connectivity index (χ0v) is 26.1. The fourth-order valence-corrected chi connectivity index (χ4v) is 6.56. The Morgan fingerprint density at radius 3 is 2.43 bits per heavy atom. The van der Waals surface area contributed by atoms with Crippen LogP contribution in [0.1, 0.15) is 25.7 Å². The van der Waals surface area contributed by atoms with Crippen molar-refractivity contribution in [3.63, 3.8) is 0 Å². The van der Waals surface area contributed by atoms with Crippen molar-refractivity contribution < 1.29 is 18.1 Å². The van der Waals surface area contributed by atoms with Crippen molar-refractivity contribution in [3.8, 4) is 5.88 Å². The predicted octanol–water partition coefficient (Wildman–Crippen LogP) is 3.10. The van der Waals surface area contributed by atoms with Gasteiger partial charge in [-0.25, -0.2) is 18.6 Å². The molecule has 1 unspecified atom stereocenters. The Kier molecular flexibility index (Phi) is 10.2. The van der Waals surface area contributed by atoms with Gasteiger partial charge in [0.15, 0.2) is 0 Å². The molecule has 5 heterocycles. The second-order valence-corrected chi connectivity index (χ2v) is 12.8. The summed E-state index contributed by atoms with van der Waals surface area (Å²) < 4.78 is 39.4.